The third-order valence-corrected chi connectivity index (χ3v) is 6.16. The first-order valence-corrected chi connectivity index (χ1v) is 11.6. The molecule has 3 aromatic carbocycles. The summed E-state index contributed by atoms with van der Waals surface area (Å²) in [5.41, 5.74) is 5.07. The standard InChI is InChI=1S/C25H28N2O4S/c1-20-7-11-23(12-8-20)25(22-5-3-2-4-6-22)32-18-15-26-19-21-9-13-24(14-10-21)30-16-17-31-27(28)29/h2-14,25-26H,15-19H2,1H3. The molecule has 7 heteroatoms. The lowest BCUT2D eigenvalue weighted by Gasteiger charge is -2.18. The lowest BCUT2D eigenvalue weighted by Crippen LogP contribution is -2.17. The Kier molecular flexibility index (Phi) is 9.40. The monoisotopic (exact) mass is 452 g/mol. The highest BCUT2D eigenvalue weighted by atomic mass is 32.2. The molecule has 0 heterocycles. The van der Waals surface area contributed by atoms with Crippen molar-refractivity contribution in [1.29, 1.82) is 0 Å². The third kappa shape index (κ3) is 7.90. The van der Waals surface area contributed by atoms with E-state index in [0.717, 1.165) is 24.4 Å². The predicted molar refractivity (Wildman–Crippen MR) is 129 cm³/mol. The molecule has 1 unspecified atom stereocenters. The SMILES string of the molecule is Cc1ccc(C(SCCNCc2ccc(OCCO[N+](=O)[O-])cc2)c2ccccc2)cc1. The second kappa shape index (κ2) is 12.7. The average molecular weight is 453 g/mol. The number of nitrogens with one attached hydrogen (secondary N) is 1. The van der Waals surface area contributed by atoms with Crippen LogP contribution in [0.3, 0.4) is 0 Å². The highest BCUT2D eigenvalue weighted by Crippen LogP contribution is 2.35. The van der Waals surface area contributed by atoms with Crippen LogP contribution in [-0.2, 0) is 11.4 Å². The van der Waals surface area contributed by atoms with E-state index >= 15 is 0 Å². The topological polar surface area (TPSA) is 73.6 Å². The number of hydrogen-bond donors (Lipinski definition) is 1. The molecule has 0 radical (unpaired) electrons. The molecule has 32 heavy (non-hydrogen) atoms. The summed E-state index contributed by atoms with van der Waals surface area (Å²) in [5.74, 6) is 1.66. The molecule has 3 aromatic rings. The third-order valence-electron chi connectivity index (χ3n) is 4.85. The van der Waals surface area contributed by atoms with Crippen LogP contribution in [0.4, 0.5) is 0 Å². The molecule has 0 aliphatic carbocycles. The summed E-state index contributed by atoms with van der Waals surface area (Å²) in [5, 5.41) is 13.1. The molecule has 0 aliphatic heterocycles. The van der Waals surface area contributed by atoms with Gasteiger partial charge in [0.05, 0.1) is 5.25 Å². The van der Waals surface area contributed by atoms with Gasteiger partial charge in [-0.2, -0.15) is 0 Å². The fraction of sp³-hybridized carbons (Fsp3) is 0.280. The molecule has 0 bridgehead atoms. The van der Waals surface area contributed by atoms with Crippen LogP contribution in [0.15, 0.2) is 78.9 Å². The lowest BCUT2D eigenvalue weighted by atomic mass is 10.0. The van der Waals surface area contributed by atoms with Crippen LogP contribution in [0.25, 0.3) is 0 Å². The number of thioether (sulfide) groups is 1. The molecule has 0 saturated carbocycles. The van der Waals surface area contributed by atoms with E-state index in [1.165, 1.54) is 16.7 Å². The molecule has 0 aliphatic rings. The fourth-order valence-corrected chi connectivity index (χ4v) is 4.41. The lowest BCUT2D eigenvalue weighted by molar-refractivity contribution is -0.757. The summed E-state index contributed by atoms with van der Waals surface area (Å²) in [7, 11) is 0. The van der Waals surface area contributed by atoms with Crippen molar-refractivity contribution in [3.05, 3.63) is 111 Å². The zero-order chi connectivity index (χ0) is 22.6. The van der Waals surface area contributed by atoms with E-state index in [1.54, 1.807) is 0 Å². The van der Waals surface area contributed by atoms with Crippen molar-refractivity contribution >= 4 is 11.8 Å². The largest absolute Gasteiger partial charge is 0.492 e. The number of aryl methyl sites for hydroxylation is 1. The molecule has 168 valence electrons. The van der Waals surface area contributed by atoms with Crippen molar-refractivity contribution in [3.63, 3.8) is 0 Å². The van der Waals surface area contributed by atoms with Gasteiger partial charge in [-0.15, -0.1) is 21.9 Å². The predicted octanol–water partition coefficient (Wildman–Crippen LogP) is 5.19. The number of ether oxygens (including phenoxy) is 1. The summed E-state index contributed by atoms with van der Waals surface area (Å²) in [6, 6.07) is 27.1. The first-order chi connectivity index (χ1) is 15.6. The second-order valence-corrected chi connectivity index (χ2v) is 8.51. The van der Waals surface area contributed by atoms with Gasteiger partial charge in [-0.1, -0.05) is 72.3 Å². The fourth-order valence-electron chi connectivity index (χ4n) is 3.21. The Bertz CT molecular complexity index is 950. The number of rotatable bonds is 13. The summed E-state index contributed by atoms with van der Waals surface area (Å²) in [4.78, 5) is 14.3. The minimum atomic E-state index is -0.820. The van der Waals surface area contributed by atoms with Crippen LogP contribution >= 0.6 is 11.8 Å². The second-order valence-electron chi connectivity index (χ2n) is 7.30. The van der Waals surface area contributed by atoms with Crippen molar-refractivity contribution < 1.29 is 14.7 Å². The average Bonchev–Trinajstić information content (AvgIpc) is 2.81. The maximum absolute atomic E-state index is 10.1. The van der Waals surface area contributed by atoms with Crippen LogP contribution in [0.5, 0.6) is 5.75 Å². The quantitative estimate of drug-likeness (QED) is 0.218. The van der Waals surface area contributed by atoms with Crippen LogP contribution in [-0.4, -0.2) is 30.6 Å². The van der Waals surface area contributed by atoms with E-state index < -0.39 is 5.09 Å². The Morgan fingerprint density at radius 3 is 2.31 bits per heavy atom. The summed E-state index contributed by atoms with van der Waals surface area (Å²) >= 11 is 1.94. The van der Waals surface area contributed by atoms with Crippen LogP contribution in [0.1, 0.15) is 27.5 Å². The van der Waals surface area contributed by atoms with E-state index in [0.29, 0.717) is 11.0 Å². The van der Waals surface area contributed by atoms with Crippen molar-refractivity contribution in [2.24, 2.45) is 0 Å². The Morgan fingerprint density at radius 2 is 1.62 bits per heavy atom. The molecular weight excluding hydrogens is 424 g/mol. The zero-order valence-electron chi connectivity index (χ0n) is 18.1. The highest BCUT2D eigenvalue weighted by molar-refractivity contribution is 7.99. The van der Waals surface area contributed by atoms with Crippen LogP contribution < -0.4 is 10.1 Å². The molecule has 6 nitrogen and oxygen atoms in total. The molecule has 1 N–H and O–H groups in total. The highest BCUT2D eigenvalue weighted by Gasteiger charge is 2.14. The molecular formula is C25H28N2O4S. The maximum Gasteiger partial charge on any atom is 0.294 e. The molecule has 0 amide bonds. The Balaban J connectivity index is 1.43. The van der Waals surface area contributed by atoms with Gasteiger partial charge in [-0.3, -0.25) is 0 Å². The van der Waals surface area contributed by atoms with E-state index in [1.807, 2.05) is 36.0 Å². The summed E-state index contributed by atoms with van der Waals surface area (Å²) in [6.07, 6.45) is 0. The van der Waals surface area contributed by atoms with Crippen molar-refractivity contribution in [1.82, 2.24) is 5.32 Å². The maximum atomic E-state index is 10.1. The smallest absolute Gasteiger partial charge is 0.294 e. The van der Waals surface area contributed by atoms with Gasteiger partial charge in [0, 0.05) is 18.8 Å². The van der Waals surface area contributed by atoms with Gasteiger partial charge in [0.15, 0.2) is 0 Å². The van der Waals surface area contributed by atoms with Gasteiger partial charge in [0.25, 0.3) is 5.09 Å². The zero-order valence-corrected chi connectivity index (χ0v) is 18.9. The van der Waals surface area contributed by atoms with E-state index in [2.05, 4.69) is 71.7 Å². The van der Waals surface area contributed by atoms with Gasteiger partial charge >= 0.3 is 0 Å². The van der Waals surface area contributed by atoms with Gasteiger partial charge < -0.3 is 14.9 Å². The minimum absolute atomic E-state index is 0.0828. The van der Waals surface area contributed by atoms with Crippen LogP contribution in [0.2, 0.25) is 0 Å². The van der Waals surface area contributed by atoms with Crippen molar-refractivity contribution in [3.8, 4) is 5.75 Å². The first-order valence-electron chi connectivity index (χ1n) is 10.5. The summed E-state index contributed by atoms with van der Waals surface area (Å²) < 4.78 is 5.42. The Hall–Kier alpha value is -3.03. The number of nitrogens with zero attached hydrogens (tertiary/aromatic N) is 1. The van der Waals surface area contributed by atoms with E-state index in [4.69, 9.17) is 4.74 Å². The van der Waals surface area contributed by atoms with Crippen molar-refractivity contribution in [2.45, 2.75) is 18.7 Å². The van der Waals surface area contributed by atoms with E-state index in [9.17, 15) is 10.1 Å². The molecule has 3 rings (SSSR count). The first kappa shape index (κ1) is 23.6. The van der Waals surface area contributed by atoms with Gasteiger partial charge in [-0.05, 0) is 35.7 Å². The molecule has 0 fully saturated rings. The Labute approximate surface area is 193 Å². The van der Waals surface area contributed by atoms with Crippen molar-refractivity contribution in [2.75, 3.05) is 25.5 Å². The summed E-state index contributed by atoms with van der Waals surface area (Å²) in [6.45, 7) is 3.84. The van der Waals surface area contributed by atoms with E-state index in [-0.39, 0.29) is 13.2 Å². The minimum Gasteiger partial charge on any atom is -0.492 e. The van der Waals surface area contributed by atoms with Gasteiger partial charge in [-0.25, -0.2) is 0 Å². The number of benzene rings is 3. The normalized spacial score (nSPS) is 11.7. The molecule has 1 atom stereocenters. The molecule has 0 spiro atoms. The van der Waals surface area contributed by atoms with Gasteiger partial charge in [0.1, 0.15) is 19.0 Å². The molecule has 0 aromatic heterocycles. The molecule has 0 saturated heterocycles. The van der Waals surface area contributed by atoms with Crippen LogP contribution in [0, 0.1) is 17.0 Å². The Morgan fingerprint density at radius 1 is 0.938 bits per heavy atom. The number of hydrogen-bond acceptors (Lipinski definition) is 6. The van der Waals surface area contributed by atoms with Gasteiger partial charge in [0.2, 0.25) is 0 Å².